The summed E-state index contributed by atoms with van der Waals surface area (Å²) in [5.41, 5.74) is 0. The van der Waals surface area contributed by atoms with E-state index in [4.69, 9.17) is 0 Å². The first-order chi connectivity index (χ1) is 0. The predicted octanol–water partition coefficient (Wildman–Crippen LogP) is -0.591. The average Bonchev–Trinajstić information content (AvgIpc) is 0. The van der Waals surface area contributed by atoms with Crippen molar-refractivity contribution in [2.24, 2.45) is 0 Å². The smallest absolute Gasteiger partial charge is 0 e. The molecule has 1 unspecified atom stereocenters. The molecule has 0 aliphatic carbocycles. The predicted molar refractivity (Wildman–Crippen MR) is 33.0 cm³/mol. The molecular weight excluding hydrogens is 221 g/mol. The Morgan fingerprint density at radius 1 is 1.00 bits per heavy atom. The molecule has 1 atom stereocenters. The molecule has 0 rings (SSSR count). The summed E-state index contributed by atoms with van der Waals surface area (Å²) in [4.78, 5) is 0. The second-order valence-corrected chi connectivity index (χ2v) is 0. The van der Waals surface area contributed by atoms with Crippen LogP contribution in [0, 0.1) is 0 Å². The molecule has 4 heteroatoms. The van der Waals surface area contributed by atoms with E-state index in [1.165, 1.54) is 0 Å². The van der Waals surface area contributed by atoms with Crippen LogP contribution in [-0.2, 0) is 0 Å². The largest absolute Gasteiger partial charge is 0.197 e. The summed E-state index contributed by atoms with van der Waals surface area (Å²) in [7, 11) is 0. The molecule has 0 aliphatic rings. The van der Waals surface area contributed by atoms with Crippen LogP contribution in [0.15, 0.2) is 0 Å². The fourth-order valence-corrected chi connectivity index (χ4v) is 0. The molecule has 0 saturated heterocycles. The number of hydrogen-bond donors (Lipinski definition) is 0. The molecule has 0 spiro atoms. The molecule has 0 aromatic rings. The third-order valence-corrected chi connectivity index (χ3v) is 0. The quantitative estimate of drug-likeness (QED) is 0.382. The molecule has 0 fully saturated rings. The second-order valence-electron chi connectivity index (χ2n) is 0. The first-order valence-electron chi connectivity index (χ1n) is 0. The van der Waals surface area contributed by atoms with Crippen molar-refractivity contribution in [2.75, 3.05) is 0 Å². The van der Waals surface area contributed by atoms with E-state index in [1.807, 2.05) is 0 Å². The van der Waals surface area contributed by atoms with E-state index >= 15 is 0 Å². The van der Waals surface area contributed by atoms with Crippen molar-refractivity contribution in [3.63, 3.8) is 0 Å². The molecule has 0 aromatic carbocycles. The second kappa shape index (κ2) is 16.4. The minimum Gasteiger partial charge on any atom is -0.197 e. The standard InChI is InChI=1S/K.H3P.H2S.Sn/h;1H3;1H2;. The van der Waals surface area contributed by atoms with Crippen LogP contribution in [0.5, 0.6) is 0 Å². The number of rotatable bonds is 0. The van der Waals surface area contributed by atoms with Crippen LogP contribution in [0.1, 0.15) is 0 Å². The Labute approximate surface area is 96.3 Å². The third-order valence-electron chi connectivity index (χ3n) is 0. The van der Waals surface area contributed by atoms with Gasteiger partial charge in [0.05, 0.1) is 0 Å². The summed E-state index contributed by atoms with van der Waals surface area (Å²) < 4.78 is 0. The van der Waals surface area contributed by atoms with Crippen molar-refractivity contribution in [3.05, 3.63) is 0 Å². The Morgan fingerprint density at radius 3 is 1.00 bits per heavy atom. The van der Waals surface area contributed by atoms with Gasteiger partial charge in [-0.05, 0) is 0 Å². The molecule has 0 heterocycles. The Morgan fingerprint density at radius 2 is 1.00 bits per heavy atom. The van der Waals surface area contributed by atoms with Crippen LogP contribution < -0.4 is 0 Å². The maximum atomic E-state index is 0. The minimum atomic E-state index is 0. The third kappa shape index (κ3) is 8.96. The summed E-state index contributed by atoms with van der Waals surface area (Å²) in [6.45, 7) is 0. The minimum absolute atomic E-state index is 0. The van der Waals surface area contributed by atoms with Gasteiger partial charge < -0.3 is 0 Å². The van der Waals surface area contributed by atoms with Crippen molar-refractivity contribution in [1.29, 1.82) is 0 Å². The maximum Gasteiger partial charge on any atom is 0 e. The zero-order chi connectivity index (χ0) is 0. The van der Waals surface area contributed by atoms with Crippen LogP contribution >= 0.6 is 23.4 Å². The van der Waals surface area contributed by atoms with Crippen LogP contribution in [0.25, 0.3) is 0 Å². The van der Waals surface area contributed by atoms with Gasteiger partial charge in [0.25, 0.3) is 0 Å². The zero-order valence-electron chi connectivity index (χ0n) is 2.71. The summed E-state index contributed by atoms with van der Waals surface area (Å²) in [6, 6.07) is 0. The van der Waals surface area contributed by atoms with Gasteiger partial charge in [0, 0.05) is 75.3 Å². The van der Waals surface area contributed by atoms with E-state index in [9.17, 15) is 0 Å². The van der Waals surface area contributed by atoms with Crippen LogP contribution in [0.2, 0.25) is 0 Å². The Bertz CT molecular complexity index is 8.00. The fourth-order valence-electron chi connectivity index (χ4n) is 0. The number of hydrogen-bond acceptors (Lipinski definition) is 0. The molecule has 0 amide bonds. The molecular formula is H5KPSSn. The monoisotopic (exact) mass is 227 g/mol. The van der Waals surface area contributed by atoms with E-state index in [0.29, 0.717) is 0 Å². The molecule has 0 saturated carbocycles. The normalized spacial score (nSPS) is 0. The Hall–Kier alpha value is 3.22. The van der Waals surface area contributed by atoms with Crippen LogP contribution in [-0.4, -0.2) is 75.3 Å². The van der Waals surface area contributed by atoms with Gasteiger partial charge >= 0.3 is 0 Å². The molecule has 21 valence electrons. The van der Waals surface area contributed by atoms with Gasteiger partial charge in [0.1, 0.15) is 0 Å². The van der Waals surface area contributed by atoms with Gasteiger partial charge in [-0.15, -0.1) is 0 Å². The summed E-state index contributed by atoms with van der Waals surface area (Å²) in [6.07, 6.45) is 0. The Kier molecular flexibility index (Phi) is 110. The van der Waals surface area contributed by atoms with E-state index in [2.05, 4.69) is 0 Å². The van der Waals surface area contributed by atoms with E-state index < -0.39 is 0 Å². The molecule has 0 aliphatic heterocycles. The molecule has 0 aromatic heterocycles. The molecule has 4 heavy (non-hydrogen) atoms. The molecule has 0 bridgehead atoms. The van der Waals surface area contributed by atoms with E-state index in [0.717, 1.165) is 0 Å². The molecule has 5 radical (unpaired) electrons. The summed E-state index contributed by atoms with van der Waals surface area (Å²) in [5, 5.41) is 0. The van der Waals surface area contributed by atoms with Gasteiger partial charge in [0.15, 0.2) is 0 Å². The van der Waals surface area contributed by atoms with Gasteiger partial charge in [-0.3, -0.25) is 0 Å². The summed E-state index contributed by atoms with van der Waals surface area (Å²) >= 11 is 0. The van der Waals surface area contributed by atoms with Crippen LogP contribution in [0.4, 0.5) is 0 Å². The SMILES string of the molecule is P.S.[K].[Sn]. The van der Waals surface area contributed by atoms with Crippen LogP contribution in [0.3, 0.4) is 0 Å². The van der Waals surface area contributed by atoms with Crippen molar-refractivity contribution < 1.29 is 0 Å². The van der Waals surface area contributed by atoms with Crippen molar-refractivity contribution in [2.45, 2.75) is 0 Å². The first kappa shape index (κ1) is 27.0. The zero-order valence-corrected chi connectivity index (χ0v) is 11.1. The van der Waals surface area contributed by atoms with Gasteiger partial charge in [-0.2, -0.15) is 23.4 Å². The Balaban J connectivity index is 0. The van der Waals surface area contributed by atoms with Gasteiger partial charge in [0.2, 0.25) is 0 Å². The maximum absolute atomic E-state index is 0. The van der Waals surface area contributed by atoms with Gasteiger partial charge in [-0.1, -0.05) is 0 Å². The van der Waals surface area contributed by atoms with Gasteiger partial charge in [-0.25, -0.2) is 0 Å². The van der Waals surface area contributed by atoms with E-state index in [1.54, 1.807) is 0 Å². The van der Waals surface area contributed by atoms with Crippen molar-refractivity contribution >= 4 is 98.7 Å². The topological polar surface area (TPSA) is 0 Å². The molecule has 0 N–H and O–H groups in total. The molecule has 0 nitrogen and oxygen atoms in total. The summed E-state index contributed by atoms with van der Waals surface area (Å²) in [5.74, 6) is 0. The fraction of sp³-hybridized carbons (Fsp3) is 0. The van der Waals surface area contributed by atoms with E-state index in [-0.39, 0.29) is 98.7 Å². The average molecular weight is 226 g/mol. The first-order valence-corrected chi connectivity index (χ1v) is 0. The van der Waals surface area contributed by atoms with Crippen molar-refractivity contribution in [3.8, 4) is 0 Å². The van der Waals surface area contributed by atoms with Crippen molar-refractivity contribution in [1.82, 2.24) is 0 Å².